The number of benzene rings is 1. The maximum absolute atomic E-state index is 11.5. The van der Waals surface area contributed by atoms with Gasteiger partial charge >= 0.3 is 0 Å². The van der Waals surface area contributed by atoms with E-state index < -0.39 is 0 Å². The quantitative estimate of drug-likeness (QED) is 0.838. The molecule has 0 aliphatic carbocycles. The van der Waals surface area contributed by atoms with Crippen LogP contribution in [0, 0.1) is 0 Å². The predicted molar refractivity (Wildman–Crippen MR) is 69.4 cm³/mol. The van der Waals surface area contributed by atoms with Crippen molar-refractivity contribution in [2.75, 3.05) is 11.1 Å². The number of rotatable bonds is 3. The maximum atomic E-state index is 11.5. The summed E-state index contributed by atoms with van der Waals surface area (Å²) >= 11 is 1.86. The summed E-state index contributed by atoms with van der Waals surface area (Å²) < 4.78 is 0. The fourth-order valence-corrected chi connectivity index (χ4v) is 2.89. The third-order valence-electron chi connectivity index (χ3n) is 2.60. The molecule has 1 aliphatic heterocycles. The zero-order valence-electron chi connectivity index (χ0n) is 9.79. The lowest BCUT2D eigenvalue weighted by Crippen LogP contribution is -2.15. The first-order chi connectivity index (χ1) is 8.15. The van der Waals surface area contributed by atoms with E-state index in [1.165, 1.54) is 29.6 Å². The van der Waals surface area contributed by atoms with Gasteiger partial charge in [-0.1, -0.05) is 0 Å². The standard InChI is InChI=1S/C13H15NO2S/c1-9(15)7-13(16)14-11-4-5-12-10(8-11)3-2-6-17-12/h4-5,8H,2-3,6-7H2,1H3,(H,14,16). The van der Waals surface area contributed by atoms with Crippen LogP contribution in [0.2, 0.25) is 0 Å². The number of aryl methyl sites for hydroxylation is 1. The van der Waals surface area contributed by atoms with E-state index in [0.29, 0.717) is 0 Å². The first kappa shape index (κ1) is 12.2. The highest BCUT2D eigenvalue weighted by Gasteiger charge is 2.11. The SMILES string of the molecule is CC(=O)CC(=O)Nc1ccc2c(c1)CCCS2. The Morgan fingerprint density at radius 3 is 3.00 bits per heavy atom. The molecule has 4 heteroatoms. The molecule has 2 rings (SSSR count). The molecule has 90 valence electrons. The number of fused-ring (bicyclic) bond motifs is 1. The molecule has 0 aromatic heterocycles. The first-order valence-electron chi connectivity index (χ1n) is 5.70. The zero-order chi connectivity index (χ0) is 12.3. The van der Waals surface area contributed by atoms with E-state index in [-0.39, 0.29) is 18.1 Å². The fourth-order valence-electron chi connectivity index (χ4n) is 1.87. The lowest BCUT2D eigenvalue weighted by molar-refractivity contribution is -0.124. The van der Waals surface area contributed by atoms with Crippen molar-refractivity contribution in [1.29, 1.82) is 0 Å². The molecule has 0 spiro atoms. The Balaban J connectivity index is 2.07. The highest BCUT2D eigenvalue weighted by molar-refractivity contribution is 7.99. The predicted octanol–water partition coefficient (Wildman–Crippen LogP) is 2.64. The normalized spacial score (nSPS) is 13.9. The molecule has 1 heterocycles. The van der Waals surface area contributed by atoms with Crippen LogP contribution in [-0.2, 0) is 16.0 Å². The van der Waals surface area contributed by atoms with Gasteiger partial charge in [-0.3, -0.25) is 9.59 Å². The molecule has 1 amide bonds. The van der Waals surface area contributed by atoms with Crippen LogP contribution in [0.4, 0.5) is 5.69 Å². The van der Waals surface area contributed by atoms with Gasteiger partial charge in [0.25, 0.3) is 0 Å². The summed E-state index contributed by atoms with van der Waals surface area (Å²) in [7, 11) is 0. The number of carbonyl (C=O) groups excluding carboxylic acids is 2. The van der Waals surface area contributed by atoms with Gasteiger partial charge in [0.15, 0.2) is 0 Å². The molecule has 0 bridgehead atoms. The molecular weight excluding hydrogens is 234 g/mol. The van der Waals surface area contributed by atoms with Gasteiger partial charge in [0.1, 0.15) is 5.78 Å². The summed E-state index contributed by atoms with van der Waals surface area (Å²) in [5, 5.41) is 2.75. The molecule has 0 unspecified atom stereocenters. The van der Waals surface area contributed by atoms with E-state index >= 15 is 0 Å². The van der Waals surface area contributed by atoms with Crippen molar-refractivity contribution in [1.82, 2.24) is 0 Å². The number of thioether (sulfide) groups is 1. The van der Waals surface area contributed by atoms with Crippen molar-refractivity contribution in [3.63, 3.8) is 0 Å². The van der Waals surface area contributed by atoms with Gasteiger partial charge in [0.05, 0.1) is 6.42 Å². The van der Waals surface area contributed by atoms with E-state index in [0.717, 1.165) is 12.1 Å². The Morgan fingerprint density at radius 2 is 2.24 bits per heavy atom. The number of hydrogen-bond donors (Lipinski definition) is 1. The van der Waals surface area contributed by atoms with Crippen molar-refractivity contribution >= 4 is 29.1 Å². The fraction of sp³-hybridized carbons (Fsp3) is 0.385. The Labute approximate surface area is 105 Å². The van der Waals surface area contributed by atoms with Gasteiger partial charge in [0, 0.05) is 10.6 Å². The molecular formula is C13H15NO2S. The molecule has 17 heavy (non-hydrogen) atoms. The van der Waals surface area contributed by atoms with Gasteiger partial charge < -0.3 is 5.32 Å². The van der Waals surface area contributed by atoms with Crippen LogP contribution in [0.1, 0.15) is 25.3 Å². The number of ketones is 1. The number of hydrogen-bond acceptors (Lipinski definition) is 3. The Morgan fingerprint density at radius 1 is 1.41 bits per heavy atom. The number of anilines is 1. The molecule has 0 atom stereocenters. The van der Waals surface area contributed by atoms with Gasteiger partial charge in [0.2, 0.25) is 5.91 Å². The monoisotopic (exact) mass is 249 g/mol. The van der Waals surface area contributed by atoms with Gasteiger partial charge in [-0.15, -0.1) is 11.8 Å². The maximum Gasteiger partial charge on any atom is 0.231 e. The summed E-state index contributed by atoms with van der Waals surface area (Å²) in [4.78, 5) is 23.6. The number of amides is 1. The smallest absolute Gasteiger partial charge is 0.231 e. The highest BCUT2D eigenvalue weighted by atomic mass is 32.2. The van der Waals surface area contributed by atoms with Crippen LogP contribution in [0.3, 0.4) is 0 Å². The van der Waals surface area contributed by atoms with E-state index in [1.54, 1.807) is 0 Å². The average molecular weight is 249 g/mol. The molecule has 0 saturated heterocycles. The average Bonchev–Trinajstić information content (AvgIpc) is 2.27. The van der Waals surface area contributed by atoms with Gasteiger partial charge in [-0.2, -0.15) is 0 Å². The summed E-state index contributed by atoms with van der Waals surface area (Å²) in [6.45, 7) is 1.42. The minimum atomic E-state index is -0.235. The summed E-state index contributed by atoms with van der Waals surface area (Å²) in [5.41, 5.74) is 2.08. The van der Waals surface area contributed by atoms with Crippen molar-refractivity contribution in [3.05, 3.63) is 23.8 Å². The minimum absolute atomic E-state index is 0.0498. The van der Waals surface area contributed by atoms with E-state index in [1.807, 2.05) is 30.0 Å². The summed E-state index contributed by atoms with van der Waals surface area (Å²) in [6.07, 6.45) is 2.20. The molecule has 1 aliphatic rings. The van der Waals surface area contributed by atoms with Crippen molar-refractivity contribution in [2.24, 2.45) is 0 Å². The number of nitrogens with one attached hydrogen (secondary N) is 1. The number of carbonyl (C=O) groups is 2. The Kier molecular flexibility index (Phi) is 3.84. The van der Waals surface area contributed by atoms with Crippen LogP contribution < -0.4 is 5.32 Å². The number of Topliss-reactive ketones (excluding diaryl/α,β-unsaturated/α-hetero) is 1. The van der Waals surface area contributed by atoms with Gasteiger partial charge in [-0.25, -0.2) is 0 Å². The lowest BCUT2D eigenvalue weighted by Gasteiger charge is -2.16. The molecule has 1 aromatic rings. The highest BCUT2D eigenvalue weighted by Crippen LogP contribution is 2.31. The third kappa shape index (κ3) is 3.33. The van der Waals surface area contributed by atoms with E-state index in [9.17, 15) is 9.59 Å². The molecule has 1 aromatic carbocycles. The van der Waals surface area contributed by atoms with E-state index in [4.69, 9.17) is 0 Å². The molecule has 1 N–H and O–H groups in total. The molecule has 0 fully saturated rings. The minimum Gasteiger partial charge on any atom is -0.326 e. The third-order valence-corrected chi connectivity index (χ3v) is 3.80. The Bertz CT molecular complexity index is 457. The first-order valence-corrected chi connectivity index (χ1v) is 6.69. The zero-order valence-corrected chi connectivity index (χ0v) is 10.6. The molecule has 3 nitrogen and oxygen atoms in total. The van der Waals surface area contributed by atoms with Crippen molar-refractivity contribution in [2.45, 2.75) is 31.1 Å². The van der Waals surface area contributed by atoms with Gasteiger partial charge in [-0.05, 0) is 49.3 Å². The Hall–Kier alpha value is -1.29. The van der Waals surface area contributed by atoms with Crippen molar-refractivity contribution < 1.29 is 9.59 Å². The molecule has 0 radical (unpaired) electrons. The van der Waals surface area contributed by atoms with Crippen LogP contribution in [0.25, 0.3) is 0 Å². The van der Waals surface area contributed by atoms with Crippen LogP contribution >= 0.6 is 11.8 Å². The van der Waals surface area contributed by atoms with E-state index in [2.05, 4.69) is 5.32 Å². The molecule has 0 saturated carbocycles. The van der Waals surface area contributed by atoms with Crippen LogP contribution in [-0.4, -0.2) is 17.4 Å². The largest absolute Gasteiger partial charge is 0.326 e. The second-order valence-corrected chi connectivity index (χ2v) is 5.34. The second-order valence-electron chi connectivity index (χ2n) is 4.20. The summed E-state index contributed by atoms with van der Waals surface area (Å²) in [5.74, 6) is 0.820. The summed E-state index contributed by atoms with van der Waals surface area (Å²) in [6, 6.07) is 5.96. The van der Waals surface area contributed by atoms with Crippen molar-refractivity contribution in [3.8, 4) is 0 Å². The second kappa shape index (κ2) is 5.36. The van der Waals surface area contributed by atoms with Crippen LogP contribution in [0.5, 0.6) is 0 Å². The van der Waals surface area contributed by atoms with Crippen LogP contribution in [0.15, 0.2) is 23.1 Å². The lowest BCUT2D eigenvalue weighted by atomic mass is 10.1. The topological polar surface area (TPSA) is 46.2 Å².